The average molecular weight is 1030 g/mol. The maximum Gasteiger partial charge on any atom is 0 e. The Bertz CT molecular complexity index is 2910. The number of nitrogens with zero attached hydrogens (tertiary/aromatic N) is 4. The second kappa shape index (κ2) is 17.5. The molecule has 0 saturated heterocycles. The maximum atomic E-state index is 6.68. The van der Waals surface area contributed by atoms with E-state index < -0.39 is 13.3 Å². The van der Waals surface area contributed by atoms with E-state index in [1.54, 1.807) is 0 Å². The molecule has 0 unspecified atom stereocenters. The Hall–Kier alpha value is -5.14. The summed E-state index contributed by atoms with van der Waals surface area (Å²) in [6, 6.07) is 47.1. The van der Waals surface area contributed by atoms with Crippen molar-refractivity contribution in [3.63, 3.8) is 0 Å². The van der Waals surface area contributed by atoms with Gasteiger partial charge < -0.3 is 8.98 Å². The van der Waals surface area contributed by atoms with Crippen molar-refractivity contribution in [1.82, 2.24) is 19.5 Å². The summed E-state index contributed by atoms with van der Waals surface area (Å²) in [5.41, 5.74) is 15.8. The minimum absolute atomic E-state index is 0. The van der Waals surface area contributed by atoms with Crippen molar-refractivity contribution in [2.24, 2.45) is 0 Å². The summed E-state index contributed by atoms with van der Waals surface area (Å²) in [6.45, 7) is 15.3. The van der Waals surface area contributed by atoms with Crippen LogP contribution in [0.1, 0.15) is 67.6 Å². The van der Waals surface area contributed by atoms with Crippen LogP contribution in [-0.2, 0) is 20.1 Å². The Balaban J connectivity index is 0.000000270. The van der Waals surface area contributed by atoms with Gasteiger partial charge in [-0.25, -0.2) is 0 Å². The largest absolute Gasteiger partial charge is 0 e. The number of pyridine rings is 2. The molecule has 4 aromatic heterocycles. The first-order chi connectivity index (χ1) is 28.3. The fourth-order valence-electron chi connectivity index (χ4n) is 8.04. The van der Waals surface area contributed by atoms with E-state index in [0.717, 1.165) is 72.6 Å². The van der Waals surface area contributed by atoms with Crippen LogP contribution in [0.25, 0.3) is 72.4 Å². The molecule has 0 aliphatic rings. The fraction of sp³-hybridized carbons (Fsp3) is 0.226. The first-order valence-electron chi connectivity index (χ1n) is 20.7. The first-order valence-corrected chi connectivity index (χ1v) is 28.0. The van der Waals surface area contributed by atoms with Crippen LogP contribution < -0.4 is 4.40 Å². The molecule has 0 atom stereocenters. The summed E-state index contributed by atoms with van der Waals surface area (Å²) in [6.07, 6.45) is 2.04. The Morgan fingerprint density at radius 1 is 0.700 bits per heavy atom. The van der Waals surface area contributed by atoms with Crippen molar-refractivity contribution in [2.45, 2.75) is 77.6 Å². The molecule has 4 heterocycles. The third kappa shape index (κ3) is 8.30. The minimum Gasteiger partial charge on any atom is 0 e. The summed E-state index contributed by atoms with van der Waals surface area (Å²) in [5, 5.41) is 2.19. The van der Waals surface area contributed by atoms with E-state index >= 15 is 0 Å². The summed E-state index contributed by atoms with van der Waals surface area (Å²) >= 11 is -1.72. The van der Waals surface area contributed by atoms with E-state index in [1.165, 1.54) is 32.3 Å². The number of aryl methyl sites for hydroxylation is 3. The molecule has 5 aromatic carbocycles. The quantitative estimate of drug-likeness (QED) is 0.118. The number of furan rings is 1. The van der Waals surface area contributed by atoms with Gasteiger partial charge in [0.25, 0.3) is 0 Å². The van der Waals surface area contributed by atoms with Crippen LogP contribution in [0, 0.1) is 32.9 Å². The molecule has 0 spiro atoms. The zero-order chi connectivity index (χ0) is 41.6. The average Bonchev–Trinajstić information content (AvgIpc) is 3.81. The standard InChI is InChI=1S/C39H36N3O.C14H16GeN.Ir/c1-22(2)30-20-28(27-13-9-8-10-14-27)21-31(23(3)4)36(30)42-34-16-12-11-15-33(34)41-39(42)29-18-17-24(5)35-32-19-25(6)40-26(7)37(32)43-38(29)35;1-15(2,3)13-9-10-14(16-11-13)12-7-5-4-6-8-12;/h8-17,19-23H,1-7H3;4-7,9-11H,1-3H3;/q2*-1;. The number of hydrogen-bond donors (Lipinski definition) is 0. The van der Waals surface area contributed by atoms with Crippen molar-refractivity contribution in [3.8, 4) is 39.5 Å². The van der Waals surface area contributed by atoms with Gasteiger partial charge in [0.2, 0.25) is 0 Å². The monoisotopic (exact) mass is 1030 g/mol. The number of aromatic nitrogens is 4. The first kappa shape index (κ1) is 43.0. The SMILES string of the molecule is Cc1cc2c(oc3c(-c4nc5ccccc5n4-c4c(C(C)C)cc(-c5ccccc5)cc4C(C)C)[c-]cc(C)c32)c(C)n1.[CH3][Ge]([CH3])([CH3])[c]1ccc(-c2[c-]cccc2)nc1.[Ir]. The van der Waals surface area contributed by atoms with E-state index in [4.69, 9.17) is 14.4 Å². The molecule has 1 radical (unpaired) electrons. The number of para-hydroxylation sites is 2. The summed E-state index contributed by atoms with van der Waals surface area (Å²) in [4.78, 5) is 14.5. The van der Waals surface area contributed by atoms with Gasteiger partial charge in [-0.2, -0.15) is 0 Å². The van der Waals surface area contributed by atoms with Gasteiger partial charge in [0, 0.05) is 36.9 Å². The van der Waals surface area contributed by atoms with E-state index in [0.29, 0.717) is 0 Å². The molecule has 0 aliphatic carbocycles. The molecule has 0 saturated carbocycles. The molecule has 9 rings (SSSR count). The molecule has 0 bridgehead atoms. The van der Waals surface area contributed by atoms with Crippen LogP contribution in [0.4, 0.5) is 0 Å². The Morgan fingerprint density at radius 2 is 1.38 bits per heavy atom. The van der Waals surface area contributed by atoms with E-state index in [1.807, 2.05) is 44.3 Å². The smallest absolute Gasteiger partial charge is 0 e. The number of imidazole rings is 1. The summed E-state index contributed by atoms with van der Waals surface area (Å²) in [7, 11) is 0. The van der Waals surface area contributed by atoms with Gasteiger partial charge >= 0.3 is 99.8 Å². The third-order valence-corrected chi connectivity index (χ3v) is 15.4. The zero-order valence-electron chi connectivity index (χ0n) is 36.2. The second-order valence-corrected chi connectivity index (χ2v) is 27.9. The topological polar surface area (TPSA) is 56.7 Å². The van der Waals surface area contributed by atoms with Crippen molar-refractivity contribution in [1.29, 1.82) is 0 Å². The summed E-state index contributed by atoms with van der Waals surface area (Å²) in [5.74, 6) is 8.55. The molecule has 305 valence electrons. The van der Waals surface area contributed by atoms with Gasteiger partial charge in [-0.15, -0.1) is 17.7 Å². The minimum atomic E-state index is -1.72. The molecular weight excluding hydrogens is 973 g/mol. The predicted octanol–water partition coefficient (Wildman–Crippen LogP) is 13.7. The number of hydrogen-bond acceptors (Lipinski definition) is 4. The van der Waals surface area contributed by atoms with Crippen LogP contribution in [0.5, 0.6) is 0 Å². The second-order valence-electron chi connectivity index (χ2n) is 17.3. The predicted molar refractivity (Wildman–Crippen MR) is 250 cm³/mol. The number of benzene rings is 5. The van der Waals surface area contributed by atoms with Gasteiger partial charge in [0.05, 0.1) is 28.1 Å². The van der Waals surface area contributed by atoms with Crippen molar-refractivity contribution >= 4 is 50.6 Å². The molecular formula is C53H52GeIrN4O-2. The normalized spacial score (nSPS) is 11.7. The Kier molecular flexibility index (Phi) is 12.5. The van der Waals surface area contributed by atoms with Gasteiger partial charge in [0.1, 0.15) is 5.58 Å². The molecule has 7 heteroatoms. The van der Waals surface area contributed by atoms with Crippen LogP contribution >= 0.6 is 0 Å². The van der Waals surface area contributed by atoms with Gasteiger partial charge in [0.15, 0.2) is 0 Å². The number of rotatable bonds is 7. The third-order valence-electron chi connectivity index (χ3n) is 11.2. The molecule has 0 aliphatic heterocycles. The Labute approximate surface area is 371 Å². The Morgan fingerprint density at radius 3 is 2.02 bits per heavy atom. The van der Waals surface area contributed by atoms with E-state index in [9.17, 15) is 0 Å². The fourth-order valence-corrected chi connectivity index (χ4v) is 10.2. The molecule has 0 amide bonds. The molecule has 60 heavy (non-hydrogen) atoms. The van der Waals surface area contributed by atoms with Crippen molar-refractivity contribution < 1.29 is 24.5 Å². The van der Waals surface area contributed by atoms with Crippen molar-refractivity contribution in [3.05, 3.63) is 162 Å². The van der Waals surface area contributed by atoms with Crippen LogP contribution in [0.15, 0.2) is 126 Å². The van der Waals surface area contributed by atoms with Crippen LogP contribution in [0.3, 0.4) is 0 Å². The van der Waals surface area contributed by atoms with Crippen LogP contribution in [-0.4, -0.2) is 32.8 Å². The molecule has 5 nitrogen and oxygen atoms in total. The van der Waals surface area contributed by atoms with Gasteiger partial charge in [-0.3, -0.25) is 9.97 Å². The van der Waals surface area contributed by atoms with Crippen LogP contribution in [0.2, 0.25) is 17.3 Å². The van der Waals surface area contributed by atoms with E-state index in [-0.39, 0.29) is 31.9 Å². The number of fused-ring (bicyclic) bond motifs is 4. The van der Waals surface area contributed by atoms with Crippen molar-refractivity contribution in [2.75, 3.05) is 0 Å². The maximum absolute atomic E-state index is 6.68. The van der Waals surface area contributed by atoms with E-state index in [2.05, 4.69) is 165 Å². The molecule has 0 fully saturated rings. The molecule has 0 N–H and O–H groups in total. The van der Waals surface area contributed by atoms with Gasteiger partial charge in [-0.05, 0) is 78.3 Å². The van der Waals surface area contributed by atoms with Gasteiger partial charge in [-0.1, -0.05) is 88.0 Å². The molecule has 9 aromatic rings. The zero-order valence-corrected chi connectivity index (χ0v) is 40.7. The summed E-state index contributed by atoms with van der Waals surface area (Å²) < 4.78 is 10.5.